The van der Waals surface area contributed by atoms with Crippen molar-refractivity contribution in [2.75, 3.05) is 0 Å². The highest BCUT2D eigenvalue weighted by atomic mass is 16.5. The number of rotatable bonds is 3. The maximum atomic E-state index is 6.17. The minimum atomic E-state index is 0.236. The third-order valence-electron chi connectivity index (χ3n) is 6.24. The molecule has 4 nitrogen and oxygen atoms in total. The quantitative estimate of drug-likeness (QED) is 0.921. The molecular weight excluding hydrogens is 250 g/mol. The van der Waals surface area contributed by atoms with E-state index in [0.717, 1.165) is 23.6 Å². The molecule has 2 aliphatic rings. The average Bonchev–Trinajstić information content (AvgIpc) is 2.72. The lowest BCUT2D eigenvalue weighted by molar-refractivity contribution is 0.0240. The van der Waals surface area contributed by atoms with E-state index in [1.807, 2.05) is 6.92 Å². The standard InChI is InChI=1S/C16H25N3O/c1-10-11(8-17)9-18-14(19-10)20-13-7-12-5-6-16(13,4)15(12,2)3/h9,12-13H,5-8,17H2,1-4H3. The lowest BCUT2D eigenvalue weighted by Gasteiger charge is -2.38. The zero-order chi connectivity index (χ0) is 14.5. The van der Waals surface area contributed by atoms with Crippen LogP contribution in [0.15, 0.2) is 6.20 Å². The van der Waals surface area contributed by atoms with E-state index in [1.165, 1.54) is 12.8 Å². The molecule has 1 aromatic heterocycles. The maximum absolute atomic E-state index is 6.17. The predicted octanol–water partition coefficient (Wildman–Crippen LogP) is 2.84. The van der Waals surface area contributed by atoms with Gasteiger partial charge in [-0.05, 0) is 37.5 Å². The Kier molecular flexibility index (Phi) is 3.05. The van der Waals surface area contributed by atoms with Crippen molar-refractivity contribution < 1.29 is 4.74 Å². The first kappa shape index (κ1) is 13.8. The van der Waals surface area contributed by atoms with Gasteiger partial charge in [0.1, 0.15) is 6.10 Å². The summed E-state index contributed by atoms with van der Waals surface area (Å²) in [5.41, 5.74) is 8.14. The van der Waals surface area contributed by atoms with Crippen LogP contribution in [-0.4, -0.2) is 16.1 Å². The summed E-state index contributed by atoms with van der Waals surface area (Å²) in [4.78, 5) is 8.78. The molecule has 3 unspecified atom stereocenters. The monoisotopic (exact) mass is 275 g/mol. The van der Waals surface area contributed by atoms with Crippen molar-refractivity contribution in [3.8, 4) is 6.01 Å². The van der Waals surface area contributed by atoms with Gasteiger partial charge in [-0.25, -0.2) is 9.97 Å². The molecule has 0 aromatic carbocycles. The predicted molar refractivity (Wildman–Crippen MR) is 78.3 cm³/mol. The molecule has 2 N–H and O–H groups in total. The van der Waals surface area contributed by atoms with Gasteiger partial charge in [0.25, 0.3) is 0 Å². The van der Waals surface area contributed by atoms with Crippen LogP contribution in [0, 0.1) is 23.7 Å². The lowest BCUT2D eigenvalue weighted by Crippen LogP contribution is -2.39. The van der Waals surface area contributed by atoms with Gasteiger partial charge in [0.05, 0.1) is 0 Å². The zero-order valence-electron chi connectivity index (χ0n) is 12.9. The smallest absolute Gasteiger partial charge is 0.316 e. The van der Waals surface area contributed by atoms with Gasteiger partial charge in [-0.1, -0.05) is 20.8 Å². The van der Waals surface area contributed by atoms with Crippen molar-refractivity contribution in [3.05, 3.63) is 17.5 Å². The van der Waals surface area contributed by atoms with E-state index in [4.69, 9.17) is 10.5 Å². The van der Waals surface area contributed by atoms with Crippen LogP contribution in [0.5, 0.6) is 6.01 Å². The van der Waals surface area contributed by atoms with Gasteiger partial charge < -0.3 is 10.5 Å². The Bertz CT molecular complexity index is 528. The molecule has 3 rings (SSSR count). The first-order valence-corrected chi connectivity index (χ1v) is 7.57. The van der Waals surface area contributed by atoms with Crippen molar-refractivity contribution in [2.24, 2.45) is 22.5 Å². The fraction of sp³-hybridized carbons (Fsp3) is 0.750. The second-order valence-corrected chi connectivity index (χ2v) is 7.18. The second kappa shape index (κ2) is 4.42. The number of aryl methyl sites for hydroxylation is 1. The third-order valence-corrected chi connectivity index (χ3v) is 6.24. The van der Waals surface area contributed by atoms with Crippen LogP contribution in [0.1, 0.15) is 51.3 Å². The minimum Gasteiger partial charge on any atom is -0.460 e. The highest BCUT2D eigenvalue weighted by molar-refractivity contribution is 5.18. The van der Waals surface area contributed by atoms with Crippen molar-refractivity contribution in [3.63, 3.8) is 0 Å². The van der Waals surface area contributed by atoms with E-state index in [9.17, 15) is 0 Å². The molecule has 3 atom stereocenters. The Balaban J connectivity index is 1.81. The van der Waals surface area contributed by atoms with E-state index >= 15 is 0 Å². The molecule has 2 aliphatic carbocycles. The Morgan fingerprint density at radius 1 is 1.40 bits per heavy atom. The molecule has 2 bridgehead atoms. The summed E-state index contributed by atoms with van der Waals surface area (Å²) in [5.74, 6) is 0.766. The Morgan fingerprint density at radius 3 is 2.65 bits per heavy atom. The van der Waals surface area contributed by atoms with Crippen LogP contribution in [0.2, 0.25) is 0 Å². The zero-order valence-corrected chi connectivity index (χ0v) is 12.9. The summed E-state index contributed by atoms with van der Waals surface area (Å²) in [6, 6.07) is 0.509. The van der Waals surface area contributed by atoms with Crippen LogP contribution >= 0.6 is 0 Å². The van der Waals surface area contributed by atoms with Gasteiger partial charge in [-0.15, -0.1) is 0 Å². The normalized spacial score (nSPS) is 34.5. The third kappa shape index (κ3) is 1.77. The summed E-state index contributed by atoms with van der Waals surface area (Å²) in [6.45, 7) is 9.58. The van der Waals surface area contributed by atoms with E-state index in [2.05, 4.69) is 30.7 Å². The fourth-order valence-electron chi connectivity index (χ4n) is 4.16. The molecule has 0 spiro atoms. The molecule has 20 heavy (non-hydrogen) atoms. The molecule has 0 saturated heterocycles. The van der Waals surface area contributed by atoms with Crippen LogP contribution in [-0.2, 0) is 6.54 Å². The Hall–Kier alpha value is -1.16. The van der Waals surface area contributed by atoms with Gasteiger partial charge in [-0.3, -0.25) is 0 Å². The highest BCUT2D eigenvalue weighted by Crippen LogP contribution is 2.65. The molecule has 2 fully saturated rings. The molecule has 0 aliphatic heterocycles. The van der Waals surface area contributed by atoms with Gasteiger partial charge in [0.15, 0.2) is 0 Å². The van der Waals surface area contributed by atoms with Crippen LogP contribution in [0.4, 0.5) is 0 Å². The van der Waals surface area contributed by atoms with E-state index in [0.29, 0.717) is 18.0 Å². The molecule has 110 valence electrons. The topological polar surface area (TPSA) is 61.0 Å². The first-order chi connectivity index (χ1) is 9.38. The molecule has 1 aromatic rings. The van der Waals surface area contributed by atoms with Crippen LogP contribution < -0.4 is 10.5 Å². The summed E-state index contributed by atoms with van der Waals surface area (Å²) in [7, 11) is 0. The molecule has 1 heterocycles. The number of hydrogen-bond donors (Lipinski definition) is 1. The van der Waals surface area contributed by atoms with Crippen molar-refractivity contribution >= 4 is 0 Å². The van der Waals surface area contributed by atoms with Gasteiger partial charge in [0, 0.05) is 29.4 Å². The van der Waals surface area contributed by atoms with E-state index in [1.54, 1.807) is 6.20 Å². The molecule has 2 saturated carbocycles. The van der Waals surface area contributed by atoms with Crippen molar-refractivity contribution in [1.29, 1.82) is 0 Å². The highest BCUT2D eigenvalue weighted by Gasteiger charge is 2.62. The largest absolute Gasteiger partial charge is 0.460 e. The summed E-state index contributed by atoms with van der Waals surface area (Å²) in [5, 5.41) is 0. The number of nitrogens with two attached hydrogens (primary N) is 1. The molecular formula is C16H25N3O. The summed E-state index contributed by atoms with van der Waals surface area (Å²) < 4.78 is 6.17. The molecule has 0 amide bonds. The van der Waals surface area contributed by atoms with Crippen molar-refractivity contribution in [1.82, 2.24) is 9.97 Å². The van der Waals surface area contributed by atoms with E-state index in [-0.39, 0.29) is 11.5 Å². The van der Waals surface area contributed by atoms with Crippen LogP contribution in [0.25, 0.3) is 0 Å². The Morgan fingerprint density at radius 2 is 2.15 bits per heavy atom. The fourth-order valence-corrected chi connectivity index (χ4v) is 4.16. The Labute approximate surface area is 121 Å². The summed E-state index contributed by atoms with van der Waals surface area (Å²) in [6.07, 6.45) is 5.73. The maximum Gasteiger partial charge on any atom is 0.316 e. The molecule has 0 radical (unpaired) electrons. The average molecular weight is 275 g/mol. The van der Waals surface area contributed by atoms with Gasteiger partial charge in [0.2, 0.25) is 0 Å². The SMILES string of the molecule is Cc1nc(OC2CC3CCC2(C)C3(C)C)ncc1CN. The molecule has 4 heteroatoms. The lowest BCUT2D eigenvalue weighted by atomic mass is 9.70. The van der Waals surface area contributed by atoms with Crippen LogP contribution in [0.3, 0.4) is 0 Å². The number of nitrogens with zero attached hydrogens (tertiary/aromatic N) is 2. The van der Waals surface area contributed by atoms with Crippen molar-refractivity contribution in [2.45, 2.75) is 59.6 Å². The number of hydrogen-bond acceptors (Lipinski definition) is 4. The van der Waals surface area contributed by atoms with E-state index < -0.39 is 0 Å². The van der Waals surface area contributed by atoms with Gasteiger partial charge >= 0.3 is 6.01 Å². The number of ether oxygens (including phenoxy) is 1. The number of aromatic nitrogens is 2. The minimum absolute atomic E-state index is 0.236. The van der Waals surface area contributed by atoms with Gasteiger partial charge in [-0.2, -0.15) is 0 Å². The number of fused-ring (bicyclic) bond motifs is 2. The summed E-state index contributed by atoms with van der Waals surface area (Å²) >= 11 is 0. The second-order valence-electron chi connectivity index (χ2n) is 7.18. The first-order valence-electron chi connectivity index (χ1n) is 7.57.